The summed E-state index contributed by atoms with van der Waals surface area (Å²) in [6, 6.07) is 15.8. The number of benzene rings is 2. The summed E-state index contributed by atoms with van der Waals surface area (Å²) in [6.07, 6.45) is 0. The van der Waals surface area contributed by atoms with Gasteiger partial charge < -0.3 is 5.32 Å². The number of rotatable bonds is 7. The first-order valence-electron chi connectivity index (χ1n) is 7.64. The predicted molar refractivity (Wildman–Crippen MR) is 108 cm³/mol. The molecule has 0 unspecified atom stereocenters. The van der Waals surface area contributed by atoms with Gasteiger partial charge in [-0.25, -0.2) is 0 Å². The Morgan fingerprint density at radius 2 is 2.00 bits per heavy atom. The number of ketones is 1. The number of hydrogen-bond acceptors (Lipinski definition) is 6. The van der Waals surface area contributed by atoms with Crippen molar-refractivity contribution < 1.29 is 4.79 Å². The smallest absolute Gasteiger partial charge is 0.206 e. The Balaban J connectivity index is 1.51. The number of nitrogens with one attached hydrogen (secondary N) is 1. The number of Topliss-reactive ketones (excluding diaryl/α,β-unsaturated/α-hetero) is 1. The van der Waals surface area contributed by atoms with Gasteiger partial charge in [0, 0.05) is 15.8 Å². The van der Waals surface area contributed by atoms with Gasteiger partial charge in [-0.2, -0.15) is 0 Å². The van der Waals surface area contributed by atoms with Crippen molar-refractivity contribution in [1.82, 2.24) is 10.2 Å². The largest absolute Gasteiger partial charge is 0.353 e. The number of hydrogen-bond donors (Lipinski definition) is 1. The van der Waals surface area contributed by atoms with E-state index in [-0.39, 0.29) is 12.3 Å². The summed E-state index contributed by atoms with van der Waals surface area (Å²) < 4.78 is 1.84. The Morgan fingerprint density at radius 3 is 2.76 bits per heavy atom. The molecule has 0 aliphatic heterocycles. The number of aryl methyl sites for hydroxylation is 1. The molecular weight excluding hydrogens is 418 g/mol. The topological polar surface area (TPSA) is 54.9 Å². The van der Waals surface area contributed by atoms with Crippen LogP contribution < -0.4 is 5.32 Å². The molecule has 0 fully saturated rings. The van der Waals surface area contributed by atoms with Gasteiger partial charge in [0.25, 0.3) is 0 Å². The fraction of sp³-hybridized carbons (Fsp3) is 0.167. The fourth-order valence-electron chi connectivity index (χ4n) is 2.18. The molecule has 0 amide bonds. The van der Waals surface area contributed by atoms with Crippen LogP contribution in [-0.2, 0) is 5.75 Å². The second-order valence-electron chi connectivity index (χ2n) is 5.43. The quantitative estimate of drug-likeness (QED) is 0.409. The molecule has 0 spiro atoms. The van der Waals surface area contributed by atoms with E-state index in [1.807, 2.05) is 12.1 Å². The minimum Gasteiger partial charge on any atom is -0.353 e. The highest BCUT2D eigenvalue weighted by molar-refractivity contribution is 9.10. The minimum absolute atomic E-state index is 0.0247. The van der Waals surface area contributed by atoms with E-state index in [1.165, 1.54) is 22.5 Å². The Hall–Kier alpha value is -1.70. The molecule has 25 heavy (non-hydrogen) atoms. The van der Waals surface area contributed by atoms with Crippen LogP contribution >= 0.6 is 39.0 Å². The summed E-state index contributed by atoms with van der Waals surface area (Å²) in [4.78, 5) is 12.2. The van der Waals surface area contributed by atoms with Gasteiger partial charge in [-0.05, 0) is 24.6 Å². The van der Waals surface area contributed by atoms with E-state index in [9.17, 15) is 4.79 Å². The molecule has 0 atom stereocenters. The molecule has 3 rings (SSSR count). The first-order chi connectivity index (χ1) is 12.1. The zero-order chi connectivity index (χ0) is 17.6. The average molecular weight is 434 g/mol. The van der Waals surface area contributed by atoms with Gasteiger partial charge in [0.2, 0.25) is 5.13 Å². The van der Waals surface area contributed by atoms with Crippen LogP contribution in [0.5, 0.6) is 0 Å². The second kappa shape index (κ2) is 8.60. The van der Waals surface area contributed by atoms with E-state index in [0.717, 1.165) is 14.6 Å². The Morgan fingerprint density at radius 1 is 1.20 bits per heavy atom. The SMILES string of the molecule is Cc1cccc(CSc2nnc(NCC(=O)c3ccc(Br)cc3)s2)c1. The number of nitrogens with zero attached hydrogens (tertiary/aromatic N) is 2. The summed E-state index contributed by atoms with van der Waals surface area (Å²) >= 11 is 6.48. The number of carbonyl (C=O) groups is 1. The molecule has 4 nitrogen and oxygen atoms in total. The van der Waals surface area contributed by atoms with Crippen LogP contribution in [0.1, 0.15) is 21.5 Å². The lowest BCUT2D eigenvalue weighted by Gasteiger charge is -2.02. The van der Waals surface area contributed by atoms with E-state index in [4.69, 9.17) is 0 Å². The van der Waals surface area contributed by atoms with Crippen molar-refractivity contribution in [2.45, 2.75) is 17.0 Å². The van der Waals surface area contributed by atoms with E-state index in [1.54, 1.807) is 23.9 Å². The highest BCUT2D eigenvalue weighted by Gasteiger charge is 2.09. The standard InChI is InChI=1S/C18H16BrN3OS2/c1-12-3-2-4-13(9-12)11-24-18-22-21-17(25-18)20-10-16(23)14-5-7-15(19)8-6-14/h2-9H,10-11H2,1H3,(H,20,21). The molecule has 0 saturated heterocycles. The molecule has 0 aliphatic rings. The van der Waals surface area contributed by atoms with Gasteiger partial charge >= 0.3 is 0 Å². The number of aromatic nitrogens is 2. The predicted octanol–water partition coefficient (Wildman–Crippen LogP) is 5.20. The molecule has 7 heteroatoms. The summed E-state index contributed by atoms with van der Waals surface area (Å²) in [5.74, 6) is 0.880. The Bertz CT molecular complexity index is 865. The first-order valence-corrected chi connectivity index (χ1v) is 10.2. The van der Waals surface area contributed by atoms with Gasteiger partial charge in [-0.15, -0.1) is 10.2 Å². The van der Waals surface area contributed by atoms with Gasteiger partial charge in [-0.1, -0.05) is 81.0 Å². The van der Waals surface area contributed by atoms with Gasteiger partial charge in [-0.3, -0.25) is 4.79 Å². The van der Waals surface area contributed by atoms with E-state index < -0.39 is 0 Å². The second-order valence-corrected chi connectivity index (χ2v) is 8.55. The fourth-order valence-corrected chi connectivity index (χ4v) is 4.14. The summed E-state index contributed by atoms with van der Waals surface area (Å²) in [5.41, 5.74) is 3.19. The third kappa shape index (κ3) is 5.39. The highest BCUT2D eigenvalue weighted by atomic mass is 79.9. The lowest BCUT2D eigenvalue weighted by Crippen LogP contribution is -2.13. The molecule has 0 saturated carbocycles. The lowest BCUT2D eigenvalue weighted by atomic mass is 10.1. The van der Waals surface area contributed by atoms with Crippen molar-refractivity contribution in [3.8, 4) is 0 Å². The van der Waals surface area contributed by atoms with Crippen molar-refractivity contribution in [1.29, 1.82) is 0 Å². The van der Waals surface area contributed by atoms with E-state index in [2.05, 4.69) is 62.6 Å². The maximum atomic E-state index is 12.2. The van der Waals surface area contributed by atoms with Gasteiger partial charge in [0.15, 0.2) is 10.1 Å². The number of anilines is 1. The zero-order valence-electron chi connectivity index (χ0n) is 13.5. The van der Waals surface area contributed by atoms with Crippen LogP contribution in [0.3, 0.4) is 0 Å². The molecular formula is C18H16BrN3OS2. The normalized spacial score (nSPS) is 10.6. The average Bonchev–Trinajstić information content (AvgIpc) is 3.06. The lowest BCUT2D eigenvalue weighted by molar-refractivity contribution is 0.101. The zero-order valence-corrected chi connectivity index (χ0v) is 16.7. The summed E-state index contributed by atoms with van der Waals surface area (Å²) in [5, 5.41) is 12.0. The van der Waals surface area contributed by atoms with Crippen LogP contribution in [-0.4, -0.2) is 22.5 Å². The number of thioether (sulfide) groups is 1. The minimum atomic E-state index is 0.0247. The first kappa shape index (κ1) is 18.1. The molecule has 0 bridgehead atoms. The van der Waals surface area contributed by atoms with Crippen LogP contribution in [0.15, 0.2) is 57.3 Å². The number of halogens is 1. The van der Waals surface area contributed by atoms with Gasteiger partial charge in [0.05, 0.1) is 6.54 Å². The molecule has 1 N–H and O–H groups in total. The van der Waals surface area contributed by atoms with Crippen LogP contribution in [0.4, 0.5) is 5.13 Å². The molecule has 3 aromatic rings. The monoisotopic (exact) mass is 433 g/mol. The third-order valence-electron chi connectivity index (χ3n) is 3.42. The van der Waals surface area contributed by atoms with Crippen molar-refractivity contribution >= 4 is 49.9 Å². The van der Waals surface area contributed by atoms with Crippen molar-refractivity contribution in [3.63, 3.8) is 0 Å². The molecule has 0 radical (unpaired) electrons. The van der Waals surface area contributed by atoms with Crippen LogP contribution in [0, 0.1) is 6.92 Å². The van der Waals surface area contributed by atoms with Crippen molar-refractivity contribution in [2.75, 3.05) is 11.9 Å². The summed E-state index contributed by atoms with van der Waals surface area (Å²) in [7, 11) is 0. The van der Waals surface area contributed by atoms with Crippen molar-refractivity contribution in [3.05, 3.63) is 69.7 Å². The molecule has 0 aliphatic carbocycles. The molecule has 128 valence electrons. The highest BCUT2D eigenvalue weighted by Crippen LogP contribution is 2.28. The third-order valence-corrected chi connectivity index (χ3v) is 6.03. The molecule has 1 aromatic heterocycles. The number of carbonyl (C=O) groups excluding carboxylic acids is 1. The molecule has 1 heterocycles. The maximum Gasteiger partial charge on any atom is 0.206 e. The van der Waals surface area contributed by atoms with Gasteiger partial charge in [0.1, 0.15) is 0 Å². The summed E-state index contributed by atoms with van der Waals surface area (Å²) in [6.45, 7) is 2.29. The van der Waals surface area contributed by atoms with Crippen molar-refractivity contribution in [2.24, 2.45) is 0 Å². The maximum absolute atomic E-state index is 12.2. The van der Waals surface area contributed by atoms with E-state index >= 15 is 0 Å². The Kier molecular flexibility index (Phi) is 6.23. The Labute approximate surface area is 163 Å². The van der Waals surface area contributed by atoms with Crippen LogP contribution in [0.25, 0.3) is 0 Å². The van der Waals surface area contributed by atoms with Crippen LogP contribution in [0.2, 0.25) is 0 Å². The molecule has 2 aromatic carbocycles. The van der Waals surface area contributed by atoms with E-state index in [0.29, 0.717) is 10.7 Å².